The molecule has 0 amide bonds. The van der Waals surface area contributed by atoms with E-state index < -0.39 is 0 Å². The van der Waals surface area contributed by atoms with Crippen molar-refractivity contribution >= 4 is 5.78 Å². The van der Waals surface area contributed by atoms with Gasteiger partial charge in [0.25, 0.3) is 0 Å². The normalized spacial score (nSPS) is 22.7. The summed E-state index contributed by atoms with van der Waals surface area (Å²) in [5.41, 5.74) is 0. The minimum atomic E-state index is 0.232. The Morgan fingerprint density at radius 3 is 3.00 bits per heavy atom. The third kappa shape index (κ3) is 2.91. The van der Waals surface area contributed by atoms with Crippen LogP contribution < -0.4 is 0 Å². The molecule has 0 N–H and O–H groups in total. The van der Waals surface area contributed by atoms with Crippen LogP contribution in [0.15, 0.2) is 0 Å². The van der Waals surface area contributed by atoms with Crippen molar-refractivity contribution < 1.29 is 9.53 Å². The molecule has 0 spiro atoms. The van der Waals surface area contributed by atoms with Crippen LogP contribution in [0.25, 0.3) is 0 Å². The molecule has 1 atom stereocenters. The number of hydrogen-bond acceptors (Lipinski definition) is 3. The summed E-state index contributed by atoms with van der Waals surface area (Å²) in [4.78, 5) is 13.2. The van der Waals surface area contributed by atoms with Crippen molar-refractivity contribution in [2.24, 2.45) is 0 Å². The van der Waals surface area contributed by atoms with Gasteiger partial charge in [-0.3, -0.25) is 9.69 Å². The second kappa shape index (κ2) is 4.58. The van der Waals surface area contributed by atoms with Crippen molar-refractivity contribution in [2.75, 3.05) is 26.7 Å². The number of Topliss-reactive ketones (excluding diaryl/α,β-unsaturated/α-hetero) is 1. The van der Waals surface area contributed by atoms with Crippen molar-refractivity contribution in [1.82, 2.24) is 4.90 Å². The second-order valence-corrected chi connectivity index (χ2v) is 3.42. The maximum atomic E-state index is 11.1. The molecular formula is C9H17NO2. The first kappa shape index (κ1) is 9.68. The van der Waals surface area contributed by atoms with Crippen molar-refractivity contribution in [3.63, 3.8) is 0 Å². The number of likely N-dealkylation sites (tertiary alicyclic amines) is 1. The SMILES string of the molecule is COC(C)CN1CCCC(=O)C1. The van der Waals surface area contributed by atoms with E-state index in [1.54, 1.807) is 7.11 Å². The molecule has 1 saturated heterocycles. The van der Waals surface area contributed by atoms with E-state index in [1.165, 1.54) is 0 Å². The van der Waals surface area contributed by atoms with Crippen molar-refractivity contribution in [3.8, 4) is 0 Å². The Kier molecular flexibility index (Phi) is 3.69. The molecule has 3 heteroatoms. The number of carbonyl (C=O) groups excluding carboxylic acids is 1. The molecule has 0 aromatic heterocycles. The molecule has 70 valence electrons. The van der Waals surface area contributed by atoms with Gasteiger partial charge in [0.2, 0.25) is 0 Å². The van der Waals surface area contributed by atoms with Crippen LogP contribution in [0.1, 0.15) is 19.8 Å². The van der Waals surface area contributed by atoms with Crippen LogP contribution in [-0.4, -0.2) is 43.5 Å². The number of piperidine rings is 1. The predicted molar refractivity (Wildman–Crippen MR) is 47.2 cm³/mol. The standard InChI is InChI=1S/C9H17NO2/c1-8(12-2)6-10-5-3-4-9(11)7-10/h8H,3-7H2,1-2H3. The molecule has 0 aromatic carbocycles. The number of rotatable bonds is 3. The van der Waals surface area contributed by atoms with Crippen LogP contribution in [0.5, 0.6) is 0 Å². The van der Waals surface area contributed by atoms with Gasteiger partial charge in [0.1, 0.15) is 5.78 Å². The molecule has 0 radical (unpaired) electrons. The fourth-order valence-corrected chi connectivity index (χ4v) is 1.50. The summed E-state index contributed by atoms with van der Waals surface area (Å²) in [7, 11) is 1.70. The molecular weight excluding hydrogens is 154 g/mol. The third-order valence-electron chi connectivity index (χ3n) is 2.25. The monoisotopic (exact) mass is 171 g/mol. The summed E-state index contributed by atoms with van der Waals surface area (Å²) >= 11 is 0. The zero-order valence-electron chi connectivity index (χ0n) is 7.88. The van der Waals surface area contributed by atoms with Crippen LogP contribution in [0.4, 0.5) is 0 Å². The summed E-state index contributed by atoms with van der Waals surface area (Å²) in [5.74, 6) is 0.365. The van der Waals surface area contributed by atoms with Gasteiger partial charge in [0.15, 0.2) is 0 Å². The van der Waals surface area contributed by atoms with Gasteiger partial charge < -0.3 is 4.74 Å². The average molecular weight is 171 g/mol. The molecule has 1 fully saturated rings. The number of carbonyl (C=O) groups is 1. The lowest BCUT2D eigenvalue weighted by Gasteiger charge is -2.27. The number of ketones is 1. The highest BCUT2D eigenvalue weighted by atomic mass is 16.5. The lowest BCUT2D eigenvalue weighted by Crippen LogP contribution is -2.40. The summed E-state index contributed by atoms with van der Waals surface area (Å²) in [5, 5.41) is 0. The van der Waals surface area contributed by atoms with Gasteiger partial charge in [0.05, 0.1) is 12.6 Å². The minimum absolute atomic E-state index is 0.232. The predicted octanol–water partition coefficient (Wildman–Crippen LogP) is 0.686. The number of methoxy groups -OCH3 is 1. The van der Waals surface area contributed by atoms with Gasteiger partial charge in [-0.15, -0.1) is 0 Å². The Bertz CT molecular complexity index is 159. The van der Waals surface area contributed by atoms with Gasteiger partial charge in [-0.1, -0.05) is 0 Å². The molecule has 1 heterocycles. The largest absolute Gasteiger partial charge is 0.380 e. The average Bonchev–Trinajstić information content (AvgIpc) is 2.04. The molecule has 3 nitrogen and oxygen atoms in total. The molecule has 1 aliphatic rings. The summed E-state index contributed by atoms with van der Waals surface area (Å²) in [6, 6.07) is 0. The Morgan fingerprint density at radius 2 is 2.42 bits per heavy atom. The van der Waals surface area contributed by atoms with E-state index in [0.717, 1.165) is 25.9 Å². The van der Waals surface area contributed by atoms with Gasteiger partial charge in [-0.05, 0) is 19.9 Å². The first-order valence-corrected chi connectivity index (χ1v) is 4.49. The van der Waals surface area contributed by atoms with Gasteiger partial charge in [-0.25, -0.2) is 0 Å². The number of nitrogens with zero attached hydrogens (tertiary/aromatic N) is 1. The van der Waals surface area contributed by atoms with E-state index in [2.05, 4.69) is 4.90 Å². The van der Waals surface area contributed by atoms with E-state index in [9.17, 15) is 4.79 Å². The van der Waals surface area contributed by atoms with Crippen molar-refractivity contribution in [3.05, 3.63) is 0 Å². The highest BCUT2D eigenvalue weighted by Gasteiger charge is 2.17. The molecule has 1 rings (SSSR count). The summed E-state index contributed by atoms with van der Waals surface area (Å²) in [6.07, 6.45) is 2.00. The summed E-state index contributed by atoms with van der Waals surface area (Å²) in [6.45, 7) is 4.56. The zero-order valence-corrected chi connectivity index (χ0v) is 7.88. The fourth-order valence-electron chi connectivity index (χ4n) is 1.50. The Labute approximate surface area is 73.7 Å². The number of ether oxygens (including phenoxy) is 1. The first-order chi connectivity index (χ1) is 5.72. The molecule has 0 bridgehead atoms. The zero-order chi connectivity index (χ0) is 8.97. The van der Waals surface area contributed by atoms with Crippen LogP contribution in [0.3, 0.4) is 0 Å². The van der Waals surface area contributed by atoms with Crippen LogP contribution in [0.2, 0.25) is 0 Å². The first-order valence-electron chi connectivity index (χ1n) is 4.49. The fraction of sp³-hybridized carbons (Fsp3) is 0.889. The number of hydrogen-bond donors (Lipinski definition) is 0. The molecule has 0 aromatic rings. The van der Waals surface area contributed by atoms with E-state index in [-0.39, 0.29) is 6.10 Å². The van der Waals surface area contributed by atoms with Gasteiger partial charge in [0, 0.05) is 20.1 Å². The smallest absolute Gasteiger partial charge is 0.146 e. The van der Waals surface area contributed by atoms with Crippen LogP contribution in [-0.2, 0) is 9.53 Å². The van der Waals surface area contributed by atoms with E-state index >= 15 is 0 Å². The van der Waals surface area contributed by atoms with Gasteiger partial charge >= 0.3 is 0 Å². The highest BCUT2D eigenvalue weighted by molar-refractivity contribution is 5.81. The molecule has 12 heavy (non-hydrogen) atoms. The maximum Gasteiger partial charge on any atom is 0.146 e. The molecule has 0 saturated carbocycles. The minimum Gasteiger partial charge on any atom is -0.380 e. The Balaban J connectivity index is 2.27. The topological polar surface area (TPSA) is 29.5 Å². The highest BCUT2D eigenvalue weighted by Crippen LogP contribution is 2.06. The quantitative estimate of drug-likeness (QED) is 0.625. The van der Waals surface area contributed by atoms with Crippen molar-refractivity contribution in [2.45, 2.75) is 25.9 Å². The Morgan fingerprint density at radius 1 is 1.67 bits per heavy atom. The lowest BCUT2D eigenvalue weighted by molar-refractivity contribution is -0.122. The van der Waals surface area contributed by atoms with E-state index in [0.29, 0.717) is 12.3 Å². The maximum absolute atomic E-state index is 11.1. The van der Waals surface area contributed by atoms with E-state index in [1.807, 2.05) is 6.92 Å². The Hall–Kier alpha value is -0.410. The van der Waals surface area contributed by atoms with Crippen LogP contribution >= 0.6 is 0 Å². The second-order valence-electron chi connectivity index (χ2n) is 3.42. The lowest BCUT2D eigenvalue weighted by atomic mass is 10.1. The summed E-state index contributed by atoms with van der Waals surface area (Å²) < 4.78 is 5.14. The van der Waals surface area contributed by atoms with E-state index in [4.69, 9.17) is 4.74 Å². The molecule has 1 aliphatic heterocycles. The molecule has 1 unspecified atom stereocenters. The molecule has 0 aliphatic carbocycles. The van der Waals surface area contributed by atoms with Crippen molar-refractivity contribution in [1.29, 1.82) is 0 Å². The van der Waals surface area contributed by atoms with Gasteiger partial charge in [-0.2, -0.15) is 0 Å². The van der Waals surface area contributed by atoms with Crippen LogP contribution in [0, 0.1) is 0 Å². The third-order valence-corrected chi connectivity index (χ3v) is 2.25.